The molecule has 0 atom stereocenters. The van der Waals surface area contributed by atoms with Crippen LogP contribution in [0.1, 0.15) is 10.4 Å². The molecule has 0 unspecified atom stereocenters. The Morgan fingerprint density at radius 2 is 2.00 bits per heavy atom. The fraction of sp³-hybridized carbons (Fsp3) is 0.0714. The molecular weight excluding hydrogens is 299 g/mol. The van der Waals surface area contributed by atoms with E-state index >= 15 is 0 Å². The van der Waals surface area contributed by atoms with E-state index < -0.39 is 5.91 Å². The number of nitrogen functional groups attached to an aromatic ring is 1. The summed E-state index contributed by atoms with van der Waals surface area (Å²) in [6.07, 6.45) is 0. The van der Waals surface area contributed by atoms with E-state index in [4.69, 9.17) is 33.7 Å². The molecule has 104 valence electrons. The number of nitrogens with two attached hydrogens (primary N) is 1. The molecule has 0 aliphatic carbocycles. The minimum absolute atomic E-state index is 0.202. The van der Waals surface area contributed by atoms with Gasteiger partial charge in [-0.2, -0.15) is 0 Å². The molecule has 0 saturated heterocycles. The lowest BCUT2D eigenvalue weighted by Gasteiger charge is -2.11. The van der Waals surface area contributed by atoms with Crippen molar-refractivity contribution >= 4 is 40.5 Å². The zero-order chi connectivity index (χ0) is 14.7. The first-order valence-corrected chi connectivity index (χ1v) is 6.47. The van der Waals surface area contributed by atoms with Gasteiger partial charge in [0.05, 0.1) is 34.1 Å². The molecule has 2 aromatic rings. The summed E-state index contributed by atoms with van der Waals surface area (Å²) in [5.74, 6) is 0.198. The van der Waals surface area contributed by atoms with Crippen LogP contribution in [0.5, 0.6) is 5.75 Å². The van der Waals surface area contributed by atoms with Gasteiger partial charge in [-0.25, -0.2) is 0 Å². The fourth-order valence-electron chi connectivity index (χ4n) is 1.64. The molecule has 0 heterocycles. The second-order valence-electron chi connectivity index (χ2n) is 4.01. The van der Waals surface area contributed by atoms with E-state index in [1.165, 1.54) is 7.11 Å². The number of anilines is 2. The molecule has 0 radical (unpaired) electrons. The van der Waals surface area contributed by atoms with Crippen LogP contribution in [0.25, 0.3) is 0 Å². The van der Waals surface area contributed by atoms with Gasteiger partial charge in [-0.15, -0.1) is 0 Å². The lowest BCUT2D eigenvalue weighted by Crippen LogP contribution is -2.14. The third kappa shape index (κ3) is 2.98. The first-order valence-electron chi connectivity index (χ1n) is 5.72. The Balaban J connectivity index is 2.30. The Labute approximate surface area is 126 Å². The van der Waals surface area contributed by atoms with Gasteiger partial charge in [0.2, 0.25) is 0 Å². The topological polar surface area (TPSA) is 64.3 Å². The molecule has 2 rings (SSSR count). The van der Waals surface area contributed by atoms with Gasteiger partial charge in [0, 0.05) is 6.07 Å². The Morgan fingerprint density at radius 1 is 1.25 bits per heavy atom. The van der Waals surface area contributed by atoms with Crippen LogP contribution in [0.3, 0.4) is 0 Å². The number of halogens is 2. The summed E-state index contributed by atoms with van der Waals surface area (Å²) in [5.41, 5.74) is 6.97. The first-order chi connectivity index (χ1) is 9.52. The van der Waals surface area contributed by atoms with Crippen molar-refractivity contribution in [1.29, 1.82) is 0 Å². The molecule has 0 aliphatic rings. The van der Waals surface area contributed by atoms with Crippen molar-refractivity contribution in [1.82, 2.24) is 0 Å². The number of benzene rings is 2. The maximum atomic E-state index is 12.2. The van der Waals surface area contributed by atoms with E-state index in [9.17, 15) is 4.79 Å². The van der Waals surface area contributed by atoms with E-state index in [1.807, 2.05) is 0 Å². The first kappa shape index (κ1) is 14.5. The molecule has 2 aromatic carbocycles. The summed E-state index contributed by atoms with van der Waals surface area (Å²) >= 11 is 11.9. The molecule has 4 nitrogen and oxygen atoms in total. The highest BCUT2D eigenvalue weighted by atomic mass is 35.5. The Morgan fingerprint density at radius 3 is 2.70 bits per heavy atom. The fourth-order valence-corrected chi connectivity index (χ4v) is 2.03. The van der Waals surface area contributed by atoms with Crippen molar-refractivity contribution in [2.75, 3.05) is 18.2 Å². The second-order valence-corrected chi connectivity index (χ2v) is 4.79. The number of carbonyl (C=O) groups is 1. The van der Waals surface area contributed by atoms with Gasteiger partial charge in [-0.3, -0.25) is 4.79 Å². The van der Waals surface area contributed by atoms with E-state index in [-0.39, 0.29) is 10.6 Å². The van der Waals surface area contributed by atoms with Crippen molar-refractivity contribution in [3.05, 3.63) is 52.0 Å². The SMILES string of the molecule is COc1ccc(N)c(NC(=O)c2cccc(Cl)c2Cl)c1. The molecular formula is C14H12Cl2N2O2. The van der Waals surface area contributed by atoms with Gasteiger partial charge in [0.1, 0.15) is 5.75 Å². The van der Waals surface area contributed by atoms with Gasteiger partial charge in [-0.05, 0) is 24.3 Å². The second kappa shape index (κ2) is 6.03. The van der Waals surface area contributed by atoms with E-state index in [2.05, 4.69) is 5.32 Å². The molecule has 0 bridgehead atoms. The van der Waals surface area contributed by atoms with Crippen LogP contribution in [0, 0.1) is 0 Å². The molecule has 0 spiro atoms. The number of methoxy groups -OCH3 is 1. The maximum absolute atomic E-state index is 12.2. The third-order valence-corrected chi connectivity index (χ3v) is 3.52. The van der Waals surface area contributed by atoms with E-state index in [0.29, 0.717) is 22.1 Å². The summed E-state index contributed by atoms with van der Waals surface area (Å²) in [7, 11) is 1.53. The standard InChI is InChI=1S/C14H12Cl2N2O2/c1-20-8-5-6-11(17)12(7-8)18-14(19)9-3-2-4-10(15)13(9)16/h2-7H,17H2,1H3,(H,18,19). The quantitative estimate of drug-likeness (QED) is 0.847. The smallest absolute Gasteiger partial charge is 0.257 e. The highest BCUT2D eigenvalue weighted by Crippen LogP contribution is 2.28. The average Bonchev–Trinajstić information content (AvgIpc) is 2.44. The summed E-state index contributed by atoms with van der Waals surface area (Å²) in [6, 6.07) is 9.83. The zero-order valence-electron chi connectivity index (χ0n) is 10.6. The van der Waals surface area contributed by atoms with Crippen LogP contribution in [0.15, 0.2) is 36.4 Å². The molecule has 20 heavy (non-hydrogen) atoms. The molecule has 0 saturated carbocycles. The van der Waals surface area contributed by atoms with Crippen LogP contribution in [-0.4, -0.2) is 13.0 Å². The van der Waals surface area contributed by atoms with Gasteiger partial charge in [0.15, 0.2) is 0 Å². The van der Waals surface area contributed by atoms with E-state index in [0.717, 1.165) is 0 Å². The number of nitrogens with one attached hydrogen (secondary N) is 1. The van der Waals surface area contributed by atoms with Crippen molar-refractivity contribution in [2.24, 2.45) is 0 Å². The summed E-state index contributed by atoms with van der Waals surface area (Å²) < 4.78 is 5.09. The normalized spacial score (nSPS) is 10.2. The molecule has 0 aromatic heterocycles. The molecule has 1 amide bonds. The molecule has 3 N–H and O–H groups in total. The van der Waals surface area contributed by atoms with Crippen molar-refractivity contribution in [2.45, 2.75) is 0 Å². The van der Waals surface area contributed by atoms with Crippen LogP contribution < -0.4 is 15.8 Å². The predicted octanol–water partition coefficient (Wildman–Crippen LogP) is 3.84. The highest BCUT2D eigenvalue weighted by Gasteiger charge is 2.14. The Hall–Kier alpha value is -1.91. The van der Waals surface area contributed by atoms with Crippen LogP contribution in [-0.2, 0) is 0 Å². The van der Waals surface area contributed by atoms with Crippen molar-refractivity contribution in [3.8, 4) is 5.75 Å². The third-order valence-electron chi connectivity index (χ3n) is 2.70. The van der Waals surface area contributed by atoms with Crippen LogP contribution in [0.2, 0.25) is 10.0 Å². The number of ether oxygens (including phenoxy) is 1. The highest BCUT2D eigenvalue weighted by molar-refractivity contribution is 6.44. The molecule has 6 heteroatoms. The van der Waals surface area contributed by atoms with Gasteiger partial charge in [-0.1, -0.05) is 29.3 Å². The van der Waals surface area contributed by atoms with Gasteiger partial charge >= 0.3 is 0 Å². The molecule has 0 fully saturated rings. The van der Waals surface area contributed by atoms with Crippen molar-refractivity contribution in [3.63, 3.8) is 0 Å². The minimum Gasteiger partial charge on any atom is -0.497 e. The number of amides is 1. The number of hydrogen-bond acceptors (Lipinski definition) is 3. The minimum atomic E-state index is -0.391. The van der Waals surface area contributed by atoms with Crippen LogP contribution >= 0.6 is 23.2 Å². The number of carbonyl (C=O) groups excluding carboxylic acids is 1. The van der Waals surface area contributed by atoms with Gasteiger partial charge < -0.3 is 15.8 Å². The summed E-state index contributed by atoms with van der Waals surface area (Å²) in [5, 5.41) is 3.20. The van der Waals surface area contributed by atoms with E-state index in [1.54, 1.807) is 36.4 Å². The maximum Gasteiger partial charge on any atom is 0.257 e. The van der Waals surface area contributed by atoms with Gasteiger partial charge in [0.25, 0.3) is 5.91 Å². The zero-order valence-corrected chi connectivity index (χ0v) is 12.1. The number of hydrogen-bond donors (Lipinski definition) is 2. The predicted molar refractivity (Wildman–Crippen MR) is 81.8 cm³/mol. The lowest BCUT2D eigenvalue weighted by atomic mass is 10.2. The summed E-state index contributed by atoms with van der Waals surface area (Å²) in [4.78, 5) is 12.2. The summed E-state index contributed by atoms with van der Waals surface area (Å²) in [6.45, 7) is 0. The Bertz CT molecular complexity index is 660. The van der Waals surface area contributed by atoms with Crippen LogP contribution in [0.4, 0.5) is 11.4 Å². The lowest BCUT2D eigenvalue weighted by molar-refractivity contribution is 0.102. The molecule has 0 aliphatic heterocycles. The number of rotatable bonds is 3. The monoisotopic (exact) mass is 310 g/mol. The average molecular weight is 311 g/mol. The largest absolute Gasteiger partial charge is 0.497 e. The van der Waals surface area contributed by atoms with Crippen molar-refractivity contribution < 1.29 is 9.53 Å². The Kier molecular flexibility index (Phi) is 4.37.